The van der Waals surface area contributed by atoms with E-state index in [1.54, 1.807) is 0 Å². The van der Waals surface area contributed by atoms with Crippen LogP contribution in [0.3, 0.4) is 0 Å². The Kier molecular flexibility index (Phi) is 4.42. The molecule has 2 heterocycles. The van der Waals surface area contributed by atoms with Crippen LogP contribution in [-0.4, -0.2) is 13.4 Å². The molecule has 2 aromatic heterocycles. The Balaban J connectivity index is 1.78. The number of alkyl halides is 3. The molecule has 0 aliphatic carbocycles. The quantitative estimate of drug-likeness (QED) is 0.529. The van der Waals surface area contributed by atoms with Crippen molar-refractivity contribution in [2.24, 2.45) is 0 Å². The van der Waals surface area contributed by atoms with E-state index in [0.717, 1.165) is 18.2 Å². The van der Waals surface area contributed by atoms with Gasteiger partial charge < -0.3 is 4.42 Å². The first-order valence-corrected chi connectivity index (χ1v) is 8.48. The summed E-state index contributed by atoms with van der Waals surface area (Å²) in [5.74, 6) is -0.117. The highest BCUT2D eigenvalue weighted by Crippen LogP contribution is 2.28. The fraction of sp³-hybridized carbons (Fsp3) is 0.0667. The lowest BCUT2D eigenvalue weighted by molar-refractivity contribution is -0.137. The number of aromatic nitrogens is 1. The summed E-state index contributed by atoms with van der Waals surface area (Å²) < 4.78 is 66.9. The van der Waals surface area contributed by atoms with Crippen LogP contribution >= 0.6 is 0 Å². The number of halogens is 3. The first-order valence-electron chi connectivity index (χ1n) is 7.00. The molecule has 0 radical (unpaired) electrons. The normalized spacial score (nSPS) is 12.3. The lowest BCUT2D eigenvalue weighted by atomic mass is 10.2. The molecule has 0 atom stereocenters. The van der Waals surface area contributed by atoms with Crippen molar-refractivity contribution >= 4 is 26.8 Å². The molecule has 26 heavy (non-hydrogen) atoms. The molecule has 0 amide bonds. The van der Waals surface area contributed by atoms with Gasteiger partial charge in [0.15, 0.2) is 0 Å². The van der Waals surface area contributed by atoms with Gasteiger partial charge in [-0.15, -0.1) is 4.83 Å². The Labute approximate surface area is 144 Å². The van der Waals surface area contributed by atoms with Crippen LogP contribution in [0.1, 0.15) is 5.56 Å². The Bertz CT molecular complexity index is 1110. The molecule has 0 saturated heterocycles. The van der Waals surface area contributed by atoms with Gasteiger partial charge in [-0.1, -0.05) is 0 Å². The molecule has 0 aliphatic rings. The average molecular weight is 385 g/mol. The van der Waals surface area contributed by atoms with E-state index in [0.29, 0.717) is 11.6 Å². The summed E-state index contributed by atoms with van der Waals surface area (Å²) in [5.41, 5.74) is 0.921. The lowest BCUT2D eigenvalue weighted by Crippen LogP contribution is -2.30. The summed E-state index contributed by atoms with van der Waals surface area (Å²) in [4.78, 5) is 16.5. The number of hydrogen-bond acceptors (Lipinski definition) is 6. The second-order valence-corrected chi connectivity index (χ2v) is 6.80. The SMILES string of the molecule is O=c1ccc2cc(S(=O)(=O)NNc3ccc(C(F)(F)F)cn3)ccc2o1. The van der Waals surface area contributed by atoms with E-state index in [4.69, 9.17) is 4.42 Å². The summed E-state index contributed by atoms with van der Waals surface area (Å²) in [7, 11) is -4.04. The molecule has 0 saturated carbocycles. The Morgan fingerprint density at radius 2 is 1.81 bits per heavy atom. The number of benzene rings is 1. The maximum absolute atomic E-state index is 12.5. The van der Waals surface area contributed by atoms with Crippen molar-refractivity contribution in [3.8, 4) is 0 Å². The maximum Gasteiger partial charge on any atom is 0.417 e. The molecule has 0 aliphatic heterocycles. The third-order valence-electron chi connectivity index (χ3n) is 3.31. The predicted molar refractivity (Wildman–Crippen MR) is 85.7 cm³/mol. The van der Waals surface area contributed by atoms with E-state index in [1.807, 2.05) is 4.83 Å². The van der Waals surface area contributed by atoms with Gasteiger partial charge in [0, 0.05) is 17.6 Å². The van der Waals surface area contributed by atoms with E-state index in [2.05, 4.69) is 10.4 Å². The maximum atomic E-state index is 12.5. The summed E-state index contributed by atoms with van der Waals surface area (Å²) in [6.45, 7) is 0. The minimum atomic E-state index is -4.54. The topological polar surface area (TPSA) is 101 Å². The highest BCUT2D eigenvalue weighted by atomic mass is 32.2. The predicted octanol–water partition coefficient (Wildman–Crippen LogP) is 2.51. The average Bonchev–Trinajstić information content (AvgIpc) is 2.59. The minimum absolute atomic E-state index is 0.117. The van der Waals surface area contributed by atoms with Crippen molar-refractivity contribution in [2.45, 2.75) is 11.1 Å². The van der Waals surface area contributed by atoms with E-state index < -0.39 is 27.4 Å². The van der Waals surface area contributed by atoms with E-state index >= 15 is 0 Å². The zero-order valence-electron chi connectivity index (χ0n) is 12.7. The van der Waals surface area contributed by atoms with Crippen molar-refractivity contribution in [3.05, 3.63) is 64.6 Å². The van der Waals surface area contributed by atoms with Gasteiger partial charge in [0.05, 0.1) is 10.5 Å². The van der Waals surface area contributed by atoms with Crippen LogP contribution in [0.2, 0.25) is 0 Å². The molecule has 0 bridgehead atoms. The molecule has 0 unspecified atom stereocenters. The number of sulfonamides is 1. The van der Waals surface area contributed by atoms with Crippen molar-refractivity contribution < 1.29 is 26.0 Å². The van der Waals surface area contributed by atoms with Crippen LogP contribution in [0.15, 0.2) is 62.8 Å². The van der Waals surface area contributed by atoms with Gasteiger partial charge >= 0.3 is 11.8 Å². The molecule has 0 spiro atoms. The van der Waals surface area contributed by atoms with Crippen molar-refractivity contribution in [2.75, 3.05) is 5.43 Å². The Morgan fingerprint density at radius 3 is 2.46 bits per heavy atom. The van der Waals surface area contributed by atoms with E-state index in [9.17, 15) is 26.4 Å². The molecule has 136 valence electrons. The molecule has 3 aromatic rings. The second-order valence-electron chi connectivity index (χ2n) is 5.11. The molecular formula is C15H10F3N3O4S. The number of rotatable bonds is 4. The van der Waals surface area contributed by atoms with Crippen LogP contribution in [0, 0.1) is 0 Å². The van der Waals surface area contributed by atoms with E-state index in [1.165, 1.54) is 24.3 Å². The van der Waals surface area contributed by atoms with Crippen LogP contribution in [-0.2, 0) is 16.2 Å². The third-order valence-corrected chi connectivity index (χ3v) is 4.55. The van der Waals surface area contributed by atoms with Crippen molar-refractivity contribution in [1.29, 1.82) is 0 Å². The lowest BCUT2D eigenvalue weighted by Gasteiger charge is -2.10. The number of pyridine rings is 1. The number of nitrogens with one attached hydrogen (secondary N) is 2. The second kappa shape index (κ2) is 6.42. The van der Waals surface area contributed by atoms with E-state index in [-0.39, 0.29) is 16.3 Å². The largest absolute Gasteiger partial charge is 0.423 e. The summed E-state index contributed by atoms with van der Waals surface area (Å²) >= 11 is 0. The monoisotopic (exact) mass is 385 g/mol. The number of nitrogens with zero attached hydrogens (tertiary/aromatic N) is 1. The Morgan fingerprint density at radius 1 is 1.04 bits per heavy atom. The van der Waals surface area contributed by atoms with Crippen LogP contribution in [0.25, 0.3) is 11.0 Å². The summed E-state index contributed by atoms with van der Waals surface area (Å²) in [6.07, 6.45) is -3.96. The fourth-order valence-electron chi connectivity index (χ4n) is 2.03. The first kappa shape index (κ1) is 17.9. The molecule has 0 fully saturated rings. The van der Waals surface area contributed by atoms with Crippen molar-refractivity contribution in [3.63, 3.8) is 0 Å². The van der Waals surface area contributed by atoms with Gasteiger partial charge in [0.1, 0.15) is 11.4 Å². The van der Waals surface area contributed by atoms with Crippen LogP contribution < -0.4 is 15.9 Å². The van der Waals surface area contributed by atoms with Gasteiger partial charge in [-0.05, 0) is 36.4 Å². The zero-order valence-corrected chi connectivity index (χ0v) is 13.6. The molecule has 7 nitrogen and oxygen atoms in total. The first-order chi connectivity index (χ1) is 12.1. The third kappa shape index (κ3) is 3.83. The smallest absolute Gasteiger partial charge is 0.417 e. The fourth-order valence-corrected chi connectivity index (χ4v) is 2.92. The number of hydrogen-bond donors (Lipinski definition) is 2. The van der Waals surface area contributed by atoms with Gasteiger partial charge in [-0.3, -0.25) is 5.43 Å². The van der Waals surface area contributed by atoms with Gasteiger partial charge in [0.25, 0.3) is 10.0 Å². The van der Waals surface area contributed by atoms with Crippen LogP contribution in [0.4, 0.5) is 19.0 Å². The standard InChI is InChI=1S/C15H10F3N3O4S/c16-15(17,18)10-2-5-13(19-8-10)20-21-26(23,24)11-3-4-12-9(7-11)1-6-14(22)25-12/h1-8,21H,(H,19,20). The highest BCUT2D eigenvalue weighted by molar-refractivity contribution is 7.89. The minimum Gasteiger partial charge on any atom is -0.423 e. The van der Waals surface area contributed by atoms with Gasteiger partial charge in [-0.2, -0.15) is 13.2 Å². The molecular weight excluding hydrogens is 375 g/mol. The molecule has 11 heteroatoms. The zero-order chi connectivity index (χ0) is 18.9. The number of fused-ring (bicyclic) bond motifs is 1. The van der Waals surface area contributed by atoms with Gasteiger partial charge in [-0.25, -0.2) is 18.2 Å². The Hall–Kier alpha value is -2.92. The van der Waals surface area contributed by atoms with Gasteiger partial charge in [0.2, 0.25) is 0 Å². The molecule has 3 rings (SSSR count). The van der Waals surface area contributed by atoms with Crippen LogP contribution in [0.5, 0.6) is 0 Å². The molecule has 1 aromatic carbocycles. The summed E-state index contributed by atoms with van der Waals surface area (Å²) in [5, 5.41) is 0.389. The summed E-state index contributed by atoms with van der Waals surface area (Å²) in [6, 6.07) is 8.13. The van der Waals surface area contributed by atoms with Crippen molar-refractivity contribution in [1.82, 2.24) is 9.82 Å². The highest BCUT2D eigenvalue weighted by Gasteiger charge is 2.30. The number of anilines is 1. The molecule has 2 N–H and O–H groups in total. The number of hydrazine groups is 1.